The molecule has 1 aromatic heterocycles. The Morgan fingerprint density at radius 1 is 1.28 bits per heavy atom. The van der Waals surface area contributed by atoms with Gasteiger partial charge in [0.1, 0.15) is 5.82 Å². The molecular weight excluding hydrogens is 325 g/mol. The summed E-state index contributed by atoms with van der Waals surface area (Å²) in [5, 5.41) is 4.13. The molecule has 0 N–H and O–H groups in total. The number of ether oxygens (including phenoxy) is 1. The normalized spacial score (nSPS) is 12.1. The topological polar surface area (TPSA) is 64.4 Å². The van der Waals surface area contributed by atoms with Crippen molar-refractivity contribution in [3.8, 4) is 0 Å². The van der Waals surface area contributed by atoms with Gasteiger partial charge in [-0.05, 0) is 45.0 Å². The predicted molar refractivity (Wildman–Crippen MR) is 91.7 cm³/mol. The van der Waals surface area contributed by atoms with Crippen molar-refractivity contribution in [3.05, 3.63) is 48.0 Å². The molecule has 1 heterocycles. The van der Waals surface area contributed by atoms with Crippen LogP contribution in [-0.4, -0.2) is 34.8 Å². The van der Waals surface area contributed by atoms with Crippen LogP contribution in [0.1, 0.15) is 32.3 Å². The molecule has 1 unspecified atom stereocenters. The van der Waals surface area contributed by atoms with Crippen LogP contribution in [0.4, 0.5) is 10.1 Å². The molecule has 0 aliphatic heterocycles. The Balaban J connectivity index is 2.44. The molecule has 2 aromatic rings. The van der Waals surface area contributed by atoms with E-state index in [-0.39, 0.29) is 6.04 Å². The summed E-state index contributed by atoms with van der Waals surface area (Å²) >= 11 is 0. The van der Waals surface area contributed by atoms with Crippen LogP contribution >= 0.6 is 0 Å². The third kappa shape index (κ3) is 4.04. The van der Waals surface area contributed by atoms with Gasteiger partial charge in [-0.3, -0.25) is 14.3 Å². The fraction of sp³-hybridized carbons (Fsp3) is 0.389. The standard InChI is InChI=1S/C18H22FN3O3/c1-5-21-11-13(10-20-21)16(18(24)25-4)17(23)22(12(2)3)15-8-6-14(19)7-9-15/h6-12,16H,5H2,1-4H3. The van der Waals surface area contributed by atoms with Crippen LogP contribution in [0.15, 0.2) is 36.7 Å². The molecule has 0 aliphatic rings. The van der Waals surface area contributed by atoms with Crippen molar-refractivity contribution in [2.45, 2.75) is 39.3 Å². The minimum atomic E-state index is -1.13. The van der Waals surface area contributed by atoms with Crippen LogP contribution in [0.2, 0.25) is 0 Å². The fourth-order valence-corrected chi connectivity index (χ4v) is 2.62. The summed E-state index contributed by atoms with van der Waals surface area (Å²) < 4.78 is 19.7. The lowest BCUT2D eigenvalue weighted by molar-refractivity contribution is -0.145. The smallest absolute Gasteiger partial charge is 0.322 e. The Bertz CT molecular complexity index is 740. The number of esters is 1. The highest BCUT2D eigenvalue weighted by Crippen LogP contribution is 2.26. The Morgan fingerprint density at radius 3 is 2.40 bits per heavy atom. The van der Waals surface area contributed by atoms with Crippen molar-refractivity contribution in [1.82, 2.24) is 9.78 Å². The van der Waals surface area contributed by atoms with Gasteiger partial charge in [0.2, 0.25) is 5.91 Å². The summed E-state index contributed by atoms with van der Waals surface area (Å²) in [7, 11) is 1.24. The third-order valence-electron chi connectivity index (χ3n) is 3.85. The molecule has 25 heavy (non-hydrogen) atoms. The molecule has 0 radical (unpaired) electrons. The van der Waals surface area contributed by atoms with E-state index < -0.39 is 23.6 Å². The minimum absolute atomic E-state index is 0.230. The average molecular weight is 347 g/mol. The molecule has 1 aromatic carbocycles. The zero-order valence-electron chi connectivity index (χ0n) is 14.8. The van der Waals surface area contributed by atoms with Gasteiger partial charge in [-0.2, -0.15) is 5.10 Å². The molecule has 0 fully saturated rings. The van der Waals surface area contributed by atoms with Gasteiger partial charge in [-0.25, -0.2) is 4.39 Å². The van der Waals surface area contributed by atoms with E-state index in [1.54, 1.807) is 10.9 Å². The number of carbonyl (C=O) groups is 2. The summed E-state index contributed by atoms with van der Waals surface area (Å²) in [4.78, 5) is 26.9. The van der Waals surface area contributed by atoms with Crippen LogP contribution in [-0.2, 0) is 20.9 Å². The Morgan fingerprint density at radius 2 is 1.92 bits per heavy atom. The molecule has 0 saturated heterocycles. The van der Waals surface area contributed by atoms with E-state index in [9.17, 15) is 14.0 Å². The van der Waals surface area contributed by atoms with Crippen LogP contribution in [0.3, 0.4) is 0 Å². The van der Waals surface area contributed by atoms with Gasteiger partial charge in [0.15, 0.2) is 5.92 Å². The second kappa shape index (κ2) is 7.92. The summed E-state index contributed by atoms with van der Waals surface area (Å²) in [6.45, 7) is 6.18. The van der Waals surface area contributed by atoms with Crippen molar-refractivity contribution in [3.63, 3.8) is 0 Å². The second-order valence-corrected chi connectivity index (χ2v) is 5.86. The zero-order valence-corrected chi connectivity index (χ0v) is 14.8. The van der Waals surface area contributed by atoms with Gasteiger partial charge < -0.3 is 9.64 Å². The van der Waals surface area contributed by atoms with E-state index in [2.05, 4.69) is 5.10 Å². The Kier molecular flexibility index (Phi) is 5.90. The van der Waals surface area contributed by atoms with E-state index in [0.29, 0.717) is 17.8 Å². The van der Waals surface area contributed by atoms with E-state index in [4.69, 9.17) is 4.74 Å². The van der Waals surface area contributed by atoms with Crippen molar-refractivity contribution < 1.29 is 18.7 Å². The number of aromatic nitrogens is 2. The molecule has 1 atom stereocenters. The molecule has 0 saturated carbocycles. The van der Waals surface area contributed by atoms with Gasteiger partial charge in [0, 0.05) is 30.0 Å². The summed E-state index contributed by atoms with van der Waals surface area (Å²) in [5.41, 5.74) is 0.977. The lowest BCUT2D eigenvalue weighted by Crippen LogP contribution is -2.42. The summed E-state index contributed by atoms with van der Waals surface area (Å²) in [6.07, 6.45) is 3.15. The molecule has 2 rings (SSSR count). The van der Waals surface area contributed by atoms with Crippen LogP contribution < -0.4 is 4.90 Å². The van der Waals surface area contributed by atoms with Crippen molar-refractivity contribution >= 4 is 17.6 Å². The quantitative estimate of drug-likeness (QED) is 0.595. The number of nitrogens with zero attached hydrogens (tertiary/aromatic N) is 3. The number of halogens is 1. The first-order valence-corrected chi connectivity index (χ1v) is 8.07. The highest BCUT2D eigenvalue weighted by molar-refractivity contribution is 6.10. The number of aryl methyl sites for hydroxylation is 1. The molecular formula is C18H22FN3O3. The first-order valence-electron chi connectivity index (χ1n) is 8.07. The molecule has 0 aliphatic carbocycles. The van der Waals surface area contributed by atoms with Crippen molar-refractivity contribution in [1.29, 1.82) is 0 Å². The molecule has 6 nitrogen and oxygen atoms in total. The lowest BCUT2D eigenvalue weighted by atomic mass is 9.99. The first kappa shape index (κ1) is 18.6. The number of amides is 1. The van der Waals surface area contributed by atoms with Crippen molar-refractivity contribution in [2.75, 3.05) is 12.0 Å². The highest BCUT2D eigenvalue weighted by atomic mass is 19.1. The maximum Gasteiger partial charge on any atom is 0.322 e. The average Bonchev–Trinajstić information content (AvgIpc) is 3.05. The fourth-order valence-electron chi connectivity index (χ4n) is 2.62. The number of carbonyl (C=O) groups excluding carboxylic acids is 2. The monoisotopic (exact) mass is 347 g/mol. The van der Waals surface area contributed by atoms with Crippen LogP contribution in [0.5, 0.6) is 0 Å². The predicted octanol–water partition coefficient (Wildman–Crippen LogP) is 2.74. The Hall–Kier alpha value is -2.70. The lowest BCUT2D eigenvalue weighted by Gasteiger charge is -2.29. The number of rotatable bonds is 6. The van der Waals surface area contributed by atoms with Crippen LogP contribution in [0, 0.1) is 5.82 Å². The second-order valence-electron chi connectivity index (χ2n) is 5.86. The van der Waals surface area contributed by atoms with Crippen LogP contribution in [0.25, 0.3) is 0 Å². The SMILES string of the molecule is CCn1cc(C(C(=O)OC)C(=O)N(c2ccc(F)cc2)C(C)C)cn1. The number of methoxy groups -OCH3 is 1. The maximum atomic E-state index is 13.2. The summed E-state index contributed by atoms with van der Waals surface area (Å²) in [5.74, 6) is -2.62. The van der Waals surface area contributed by atoms with Crippen molar-refractivity contribution in [2.24, 2.45) is 0 Å². The van der Waals surface area contributed by atoms with E-state index in [1.165, 1.54) is 42.5 Å². The highest BCUT2D eigenvalue weighted by Gasteiger charge is 2.36. The molecule has 0 spiro atoms. The van der Waals surface area contributed by atoms with Gasteiger partial charge in [-0.15, -0.1) is 0 Å². The third-order valence-corrected chi connectivity index (χ3v) is 3.85. The van der Waals surface area contributed by atoms with E-state index in [1.807, 2.05) is 20.8 Å². The van der Waals surface area contributed by atoms with E-state index in [0.717, 1.165) is 0 Å². The largest absolute Gasteiger partial charge is 0.468 e. The molecule has 0 bridgehead atoms. The Labute approximate surface area is 146 Å². The van der Waals surface area contributed by atoms with Gasteiger partial charge in [0.05, 0.1) is 13.3 Å². The molecule has 134 valence electrons. The van der Waals surface area contributed by atoms with Gasteiger partial charge >= 0.3 is 5.97 Å². The molecule has 1 amide bonds. The number of hydrogen-bond acceptors (Lipinski definition) is 4. The maximum absolute atomic E-state index is 13.2. The minimum Gasteiger partial charge on any atom is -0.468 e. The first-order chi connectivity index (χ1) is 11.9. The van der Waals surface area contributed by atoms with Gasteiger partial charge in [0.25, 0.3) is 0 Å². The van der Waals surface area contributed by atoms with E-state index >= 15 is 0 Å². The molecule has 7 heteroatoms. The number of anilines is 1. The zero-order chi connectivity index (χ0) is 18.6. The summed E-state index contributed by atoms with van der Waals surface area (Å²) in [6, 6.07) is 5.35. The number of benzene rings is 1. The number of hydrogen-bond donors (Lipinski definition) is 0. The van der Waals surface area contributed by atoms with Gasteiger partial charge in [-0.1, -0.05) is 0 Å².